The first-order chi connectivity index (χ1) is 16.4. The Morgan fingerprint density at radius 1 is 1.09 bits per heavy atom. The molecular formula is C26H20Cl2N2O4. The molecule has 0 saturated carbocycles. The summed E-state index contributed by atoms with van der Waals surface area (Å²) in [6.45, 7) is 2.56. The van der Waals surface area contributed by atoms with Crippen molar-refractivity contribution in [2.45, 2.75) is 19.3 Å². The molecule has 8 heteroatoms. The van der Waals surface area contributed by atoms with Gasteiger partial charge in [0.1, 0.15) is 28.9 Å². The molecule has 3 aromatic carbocycles. The van der Waals surface area contributed by atoms with E-state index in [9.17, 15) is 10.1 Å². The summed E-state index contributed by atoms with van der Waals surface area (Å²) in [7, 11) is 0. The topological polar surface area (TPSA) is 94.6 Å². The van der Waals surface area contributed by atoms with Gasteiger partial charge in [0.25, 0.3) is 0 Å². The summed E-state index contributed by atoms with van der Waals surface area (Å²) < 4.78 is 16.8. The first-order valence-electron chi connectivity index (χ1n) is 10.5. The number of esters is 1. The van der Waals surface area contributed by atoms with Crippen molar-refractivity contribution < 1.29 is 19.0 Å². The van der Waals surface area contributed by atoms with E-state index >= 15 is 0 Å². The van der Waals surface area contributed by atoms with Gasteiger partial charge >= 0.3 is 5.97 Å². The average molecular weight is 495 g/mol. The van der Waals surface area contributed by atoms with E-state index in [4.69, 9.17) is 43.1 Å². The lowest BCUT2D eigenvalue weighted by Crippen LogP contribution is -2.21. The second-order valence-electron chi connectivity index (χ2n) is 7.56. The molecule has 0 spiro atoms. The molecule has 0 saturated heterocycles. The largest absolute Gasteiger partial charge is 0.494 e. The summed E-state index contributed by atoms with van der Waals surface area (Å²) in [5, 5.41) is 10.6. The second-order valence-corrected chi connectivity index (χ2v) is 8.40. The van der Waals surface area contributed by atoms with Gasteiger partial charge in [-0.1, -0.05) is 48.3 Å². The number of nitriles is 1. The number of rotatable bonds is 6. The minimum absolute atomic E-state index is 0.0460. The zero-order chi connectivity index (χ0) is 24.2. The zero-order valence-corrected chi connectivity index (χ0v) is 19.7. The van der Waals surface area contributed by atoms with Crippen LogP contribution in [0, 0.1) is 11.3 Å². The smallest absolute Gasteiger partial charge is 0.343 e. The van der Waals surface area contributed by atoms with E-state index in [2.05, 4.69) is 6.07 Å². The molecule has 0 aromatic heterocycles. The number of fused-ring (bicyclic) bond motifs is 1. The summed E-state index contributed by atoms with van der Waals surface area (Å²) in [5.74, 6) is 0.0625. The number of nitrogens with zero attached hydrogens (tertiary/aromatic N) is 1. The van der Waals surface area contributed by atoms with Gasteiger partial charge in [-0.3, -0.25) is 0 Å². The van der Waals surface area contributed by atoms with Crippen molar-refractivity contribution in [3.05, 3.63) is 98.9 Å². The summed E-state index contributed by atoms with van der Waals surface area (Å²) in [6, 6.07) is 18.9. The number of benzene rings is 3. The van der Waals surface area contributed by atoms with Crippen LogP contribution in [-0.4, -0.2) is 12.6 Å². The standard InChI is InChI=1S/C26H20Cl2N2O4/c1-2-10-32-17-5-3-4-15(11-17)26(31)33-18-7-9-20-23(13-18)34-25(30)21(14-29)24(20)19-8-6-16(27)12-22(19)28/h3-9,11-13,24H,2,10,30H2,1H3. The highest BCUT2D eigenvalue weighted by Gasteiger charge is 2.32. The molecule has 1 atom stereocenters. The molecule has 0 aliphatic carbocycles. The molecule has 1 unspecified atom stereocenters. The van der Waals surface area contributed by atoms with Crippen molar-refractivity contribution in [2.24, 2.45) is 5.73 Å². The van der Waals surface area contributed by atoms with Gasteiger partial charge in [-0.15, -0.1) is 0 Å². The third-order valence-corrected chi connectivity index (χ3v) is 5.78. The highest BCUT2D eigenvalue weighted by molar-refractivity contribution is 6.35. The molecule has 0 bridgehead atoms. The van der Waals surface area contributed by atoms with Crippen LogP contribution in [0.25, 0.3) is 0 Å². The van der Waals surface area contributed by atoms with E-state index < -0.39 is 11.9 Å². The van der Waals surface area contributed by atoms with Crippen molar-refractivity contribution in [1.29, 1.82) is 5.26 Å². The fraction of sp³-hybridized carbons (Fsp3) is 0.154. The van der Waals surface area contributed by atoms with Crippen molar-refractivity contribution in [2.75, 3.05) is 6.61 Å². The normalized spacial score (nSPS) is 14.6. The molecule has 3 aromatic rings. The van der Waals surface area contributed by atoms with Gasteiger partial charge in [-0.2, -0.15) is 5.26 Å². The Bertz CT molecular complexity index is 1330. The lowest BCUT2D eigenvalue weighted by atomic mass is 9.83. The molecule has 0 radical (unpaired) electrons. The van der Waals surface area contributed by atoms with Gasteiger partial charge in [-0.05, 0) is 48.4 Å². The Labute approximate surface area is 207 Å². The Kier molecular flexibility index (Phi) is 6.97. The number of allylic oxidation sites excluding steroid dienone is 1. The number of carbonyl (C=O) groups excluding carboxylic acids is 1. The third-order valence-electron chi connectivity index (χ3n) is 5.22. The molecule has 1 aliphatic heterocycles. The maximum Gasteiger partial charge on any atom is 0.343 e. The fourth-order valence-electron chi connectivity index (χ4n) is 3.65. The van der Waals surface area contributed by atoms with E-state index in [1.54, 1.807) is 60.7 Å². The number of halogens is 2. The van der Waals surface area contributed by atoms with Crippen LogP contribution in [0.15, 0.2) is 72.1 Å². The Morgan fingerprint density at radius 2 is 1.88 bits per heavy atom. The molecular weight excluding hydrogens is 475 g/mol. The van der Waals surface area contributed by atoms with Crippen LogP contribution in [-0.2, 0) is 0 Å². The van der Waals surface area contributed by atoms with Crippen LogP contribution in [0.5, 0.6) is 17.2 Å². The summed E-state index contributed by atoms with van der Waals surface area (Å²) in [4.78, 5) is 12.7. The molecule has 4 rings (SSSR count). The van der Waals surface area contributed by atoms with Crippen molar-refractivity contribution >= 4 is 29.2 Å². The SMILES string of the molecule is CCCOc1cccc(C(=O)Oc2ccc3c(c2)OC(N)=C(C#N)C3c2ccc(Cl)cc2Cl)c1. The predicted molar refractivity (Wildman–Crippen MR) is 129 cm³/mol. The first kappa shape index (κ1) is 23.5. The quantitative estimate of drug-likeness (QED) is 0.322. The van der Waals surface area contributed by atoms with Gasteiger partial charge in [-0.25, -0.2) is 4.79 Å². The summed E-state index contributed by atoms with van der Waals surface area (Å²) in [6.07, 6.45) is 0.858. The molecule has 0 fully saturated rings. The summed E-state index contributed by atoms with van der Waals surface area (Å²) in [5.41, 5.74) is 7.95. The lowest BCUT2D eigenvalue weighted by molar-refractivity contribution is 0.0734. The van der Waals surface area contributed by atoms with Gasteiger partial charge in [0.2, 0.25) is 5.88 Å². The molecule has 1 heterocycles. The van der Waals surface area contributed by atoms with Gasteiger partial charge in [0.15, 0.2) is 0 Å². The van der Waals surface area contributed by atoms with Crippen LogP contribution in [0.2, 0.25) is 10.0 Å². The van der Waals surface area contributed by atoms with E-state index in [0.29, 0.717) is 44.8 Å². The lowest BCUT2D eigenvalue weighted by Gasteiger charge is -2.27. The van der Waals surface area contributed by atoms with Crippen LogP contribution < -0.4 is 19.9 Å². The highest BCUT2D eigenvalue weighted by Crippen LogP contribution is 2.45. The zero-order valence-electron chi connectivity index (χ0n) is 18.2. The monoisotopic (exact) mass is 494 g/mol. The maximum atomic E-state index is 12.7. The minimum atomic E-state index is -0.560. The number of carbonyl (C=O) groups is 1. The van der Waals surface area contributed by atoms with Gasteiger partial charge < -0.3 is 19.9 Å². The molecule has 1 aliphatic rings. The van der Waals surface area contributed by atoms with Crippen LogP contribution in [0.1, 0.15) is 40.7 Å². The van der Waals surface area contributed by atoms with Crippen molar-refractivity contribution in [1.82, 2.24) is 0 Å². The van der Waals surface area contributed by atoms with Gasteiger partial charge in [0, 0.05) is 21.7 Å². The summed E-state index contributed by atoms with van der Waals surface area (Å²) >= 11 is 12.5. The Hall–Kier alpha value is -3.66. The number of hydrogen-bond donors (Lipinski definition) is 1. The van der Waals surface area contributed by atoms with E-state index in [1.807, 2.05) is 6.92 Å². The average Bonchev–Trinajstić information content (AvgIpc) is 2.82. The maximum absolute atomic E-state index is 12.7. The molecule has 172 valence electrons. The highest BCUT2D eigenvalue weighted by atomic mass is 35.5. The first-order valence-corrected chi connectivity index (χ1v) is 11.3. The molecule has 2 N–H and O–H groups in total. The molecule has 34 heavy (non-hydrogen) atoms. The van der Waals surface area contributed by atoms with E-state index in [1.165, 1.54) is 0 Å². The van der Waals surface area contributed by atoms with Crippen LogP contribution >= 0.6 is 23.2 Å². The third kappa shape index (κ3) is 4.81. The molecule has 0 amide bonds. The van der Waals surface area contributed by atoms with E-state index in [0.717, 1.165) is 6.42 Å². The van der Waals surface area contributed by atoms with Crippen molar-refractivity contribution in [3.8, 4) is 23.3 Å². The number of hydrogen-bond acceptors (Lipinski definition) is 6. The van der Waals surface area contributed by atoms with Crippen LogP contribution in [0.3, 0.4) is 0 Å². The van der Waals surface area contributed by atoms with Crippen LogP contribution in [0.4, 0.5) is 0 Å². The Balaban J connectivity index is 1.64. The van der Waals surface area contributed by atoms with Gasteiger partial charge in [0.05, 0.1) is 18.1 Å². The van der Waals surface area contributed by atoms with Crippen molar-refractivity contribution in [3.63, 3.8) is 0 Å². The molecule has 6 nitrogen and oxygen atoms in total. The number of nitrogens with two attached hydrogens (primary N) is 1. The van der Waals surface area contributed by atoms with E-state index in [-0.39, 0.29) is 17.2 Å². The Morgan fingerprint density at radius 3 is 2.62 bits per heavy atom. The number of ether oxygens (including phenoxy) is 3. The fourth-order valence-corrected chi connectivity index (χ4v) is 4.17. The predicted octanol–water partition coefficient (Wildman–Crippen LogP) is 6.22. The second kappa shape index (κ2) is 10.1. The minimum Gasteiger partial charge on any atom is -0.494 e.